The minimum absolute atomic E-state index is 0.0257. The van der Waals surface area contributed by atoms with Crippen LogP contribution in [0.5, 0.6) is 11.5 Å². The summed E-state index contributed by atoms with van der Waals surface area (Å²) in [7, 11) is 3.10. The molecule has 1 amide bonds. The van der Waals surface area contributed by atoms with Gasteiger partial charge in [0.2, 0.25) is 10.9 Å². The Morgan fingerprint density at radius 2 is 1.77 bits per heavy atom. The number of benzene rings is 2. The Kier molecular flexibility index (Phi) is 5.80. The van der Waals surface area contributed by atoms with Crippen LogP contribution in [-0.4, -0.2) is 30.3 Å². The van der Waals surface area contributed by atoms with Crippen LogP contribution in [0.4, 0.5) is 5.13 Å². The van der Waals surface area contributed by atoms with Crippen LogP contribution in [0.3, 0.4) is 0 Å². The molecule has 1 atom stereocenters. The van der Waals surface area contributed by atoms with Gasteiger partial charge in [-0.1, -0.05) is 24.3 Å². The number of aromatic nitrogens is 2. The fourth-order valence-electron chi connectivity index (χ4n) is 4.42. The number of hydrogen-bond acceptors (Lipinski definition) is 8. The highest BCUT2D eigenvalue weighted by Crippen LogP contribution is 2.44. The molecule has 0 N–H and O–H groups in total. The van der Waals surface area contributed by atoms with Crippen molar-refractivity contribution in [2.45, 2.75) is 39.7 Å². The molecule has 180 valence electrons. The van der Waals surface area contributed by atoms with E-state index in [0.29, 0.717) is 33.2 Å². The Hall–Kier alpha value is -3.72. The molecular formula is C26H25N3O5S. The topological polar surface area (TPSA) is 94.8 Å². The fourth-order valence-corrected chi connectivity index (χ4v) is 5.39. The van der Waals surface area contributed by atoms with Crippen molar-refractivity contribution in [3.8, 4) is 11.5 Å². The van der Waals surface area contributed by atoms with E-state index >= 15 is 0 Å². The lowest BCUT2D eigenvalue weighted by atomic mass is 9.97. The number of nitrogens with zero attached hydrogens (tertiary/aromatic N) is 3. The molecule has 0 unspecified atom stereocenters. The molecule has 4 aromatic rings. The number of carbonyl (C=O) groups is 1. The summed E-state index contributed by atoms with van der Waals surface area (Å²) in [4.78, 5) is 29.1. The van der Waals surface area contributed by atoms with Gasteiger partial charge in [-0.2, -0.15) is 0 Å². The summed E-state index contributed by atoms with van der Waals surface area (Å²) in [6, 6.07) is 8.23. The van der Waals surface area contributed by atoms with Gasteiger partial charge in [0.25, 0.3) is 5.91 Å². The number of ether oxygens (including phenoxy) is 2. The summed E-state index contributed by atoms with van der Waals surface area (Å²) >= 11 is 1.34. The lowest BCUT2D eigenvalue weighted by Gasteiger charge is -2.23. The molecule has 0 radical (unpaired) electrons. The van der Waals surface area contributed by atoms with Gasteiger partial charge < -0.3 is 13.9 Å². The van der Waals surface area contributed by atoms with E-state index in [2.05, 4.69) is 17.1 Å². The average molecular weight is 492 g/mol. The second-order valence-corrected chi connectivity index (χ2v) is 9.57. The summed E-state index contributed by atoms with van der Waals surface area (Å²) < 4.78 is 17.0. The molecule has 0 bridgehead atoms. The molecule has 0 spiro atoms. The molecule has 3 heterocycles. The minimum atomic E-state index is -0.748. The first-order chi connectivity index (χ1) is 16.9. The normalized spacial score (nSPS) is 15.1. The zero-order chi connectivity index (χ0) is 24.9. The van der Waals surface area contributed by atoms with Crippen molar-refractivity contribution in [1.82, 2.24) is 10.2 Å². The molecule has 0 fully saturated rings. The van der Waals surface area contributed by atoms with Crippen LogP contribution in [0.2, 0.25) is 0 Å². The van der Waals surface area contributed by atoms with E-state index in [4.69, 9.17) is 13.9 Å². The van der Waals surface area contributed by atoms with Crippen LogP contribution in [0.25, 0.3) is 11.0 Å². The van der Waals surface area contributed by atoms with E-state index in [9.17, 15) is 9.59 Å². The van der Waals surface area contributed by atoms with Gasteiger partial charge in [0, 0.05) is 6.42 Å². The first kappa shape index (κ1) is 23.0. The van der Waals surface area contributed by atoms with E-state index in [1.54, 1.807) is 32.4 Å². The Morgan fingerprint density at radius 1 is 1.03 bits per heavy atom. The number of carbonyl (C=O) groups excluding carboxylic acids is 1. The van der Waals surface area contributed by atoms with E-state index in [0.717, 1.165) is 29.0 Å². The number of rotatable bonds is 6. The summed E-state index contributed by atoms with van der Waals surface area (Å²) in [5.41, 5.74) is 3.07. The molecule has 35 heavy (non-hydrogen) atoms. The predicted molar refractivity (Wildman–Crippen MR) is 134 cm³/mol. The van der Waals surface area contributed by atoms with Crippen LogP contribution < -0.4 is 19.8 Å². The highest BCUT2D eigenvalue weighted by molar-refractivity contribution is 7.15. The Bertz CT molecular complexity index is 1520. The lowest BCUT2D eigenvalue weighted by Crippen LogP contribution is -2.29. The Morgan fingerprint density at radius 3 is 2.49 bits per heavy atom. The molecule has 0 saturated carbocycles. The van der Waals surface area contributed by atoms with Gasteiger partial charge in [-0.15, -0.1) is 10.2 Å². The van der Waals surface area contributed by atoms with E-state index in [1.807, 2.05) is 26.0 Å². The zero-order valence-corrected chi connectivity index (χ0v) is 21.0. The molecule has 2 aromatic carbocycles. The molecule has 9 heteroatoms. The van der Waals surface area contributed by atoms with Crippen LogP contribution in [-0.2, 0) is 6.42 Å². The van der Waals surface area contributed by atoms with Gasteiger partial charge in [-0.25, -0.2) is 0 Å². The van der Waals surface area contributed by atoms with Crippen LogP contribution in [0, 0.1) is 13.8 Å². The summed E-state index contributed by atoms with van der Waals surface area (Å²) in [6.07, 6.45) is 1.67. The second-order valence-electron chi connectivity index (χ2n) is 8.53. The third-order valence-corrected chi connectivity index (χ3v) is 7.32. The second kappa shape index (κ2) is 8.81. The van der Waals surface area contributed by atoms with Gasteiger partial charge in [0.05, 0.1) is 31.2 Å². The number of hydrogen-bond donors (Lipinski definition) is 0. The Labute approximate surface area is 206 Å². The molecule has 5 rings (SSSR count). The van der Waals surface area contributed by atoms with Gasteiger partial charge in [-0.05, 0) is 61.2 Å². The first-order valence-corrected chi connectivity index (χ1v) is 12.1. The number of aryl methyl sites for hydroxylation is 3. The van der Waals surface area contributed by atoms with Gasteiger partial charge in [0.15, 0.2) is 16.9 Å². The van der Waals surface area contributed by atoms with Gasteiger partial charge >= 0.3 is 0 Å². The fraction of sp³-hybridized carbons (Fsp3) is 0.308. The van der Waals surface area contributed by atoms with Crippen molar-refractivity contribution < 1.29 is 18.7 Å². The highest BCUT2D eigenvalue weighted by Gasteiger charge is 2.45. The SMILES string of the molecule is CCCc1nnc(N2C(=O)c3oc4cc(C)c(C)cc4c(=O)c3[C@H]2c2ccc(OC)c(OC)c2)s1. The number of methoxy groups -OCH3 is 2. The summed E-state index contributed by atoms with van der Waals surface area (Å²) in [5, 5.41) is 10.2. The molecule has 0 saturated heterocycles. The van der Waals surface area contributed by atoms with Crippen molar-refractivity contribution in [1.29, 1.82) is 0 Å². The highest BCUT2D eigenvalue weighted by atomic mass is 32.1. The number of amides is 1. The van der Waals surface area contributed by atoms with E-state index in [1.165, 1.54) is 16.2 Å². The number of fused-ring (bicyclic) bond motifs is 2. The third-order valence-electron chi connectivity index (χ3n) is 6.34. The predicted octanol–water partition coefficient (Wildman–Crippen LogP) is 4.98. The van der Waals surface area contributed by atoms with Gasteiger partial charge in [-0.3, -0.25) is 14.5 Å². The lowest BCUT2D eigenvalue weighted by molar-refractivity contribution is 0.0970. The molecule has 1 aliphatic rings. The molecule has 8 nitrogen and oxygen atoms in total. The molecule has 0 aliphatic carbocycles. The maximum Gasteiger partial charge on any atom is 0.297 e. The van der Waals surface area contributed by atoms with E-state index in [-0.39, 0.29) is 16.8 Å². The summed E-state index contributed by atoms with van der Waals surface area (Å²) in [5.74, 6) is 0.644. The smallest absolute Gasteiger partial charge is 0.297 e. The monoisotopic (exact) mass is 491 g/mol. The summed E-state index contributed by atoms with van der Waals surface area (Å²) in [6.45, 7) is 5.95. The van der Waals surface area contributed by atoms with Crippen molar-refractivity contribution in [2.24, 2.45) is 0 Å². The zero-order valence-electron chi connectivity index (χ0n) is 20.2. The van der Waals surface area contributed by atoms with Gasteiger partial charge in [0.1, 0.15) is 10.6 Å². The molecule has 2 aromatic heterocycles. The minimum Gasteiger partial charge on any atom is -0.493 e. The maximum absolute atomic E-state index is 13.8. The molecule has 1 aliphatic heterocycles. The Balaban J connectivity index is 1.78. The van der Waals surface area contributed by atoms with Crippen LogP contribution in [0.1, 0.15) is 57.2 Å². The van der Waals surface area contributed by atoms with Crippen molar-refractivity contribution in [3.05, 3.63) is 73.6 Å². The quantitative estimate of drug-likeness (QED) is 0.375. The van der Waals surface area contributed by atoms with Crippen LogP contribution in [0.15, 0.2) is 39.5 Å². The standard InChI is InChI=1S/C26H25N3O5S/c1-6-7-20-27-28-26(35-20)29-22(15-8-9-17(32-4)19(12-15)33-5)21-23(30)16-10-13(2)14(3)11-18(16)34-24(21)25(29)31/h8-12,22H,6-7H2,1-5H3/t22-/m1/s1. The van der Waals surface area contributed by atoms with Crippen molar-refractivity contribution >= 4 is 33.3 Å². The first-order valence-electron chi connectivity index (χ1n) is 11.3. The van der Waals surface area contributed by atoms with Crippen molar-refractivity contribution in [3.63, 3.8) is 0 Å². The largest absolute Gasteiger partial charge is 0.493 e. The van der Waals surface area contributed by atoms with Crippen LogP contribution >= 0.6 is 11.3 Å². The maximum atomic E-state index is 13.8. The average Bonchev–Trinajstić information content (AvgIpc) is 3.42. The van der Waals surface area contributed by atoms with Crippen molar-refractivity contribution in [2.75, 3.05) is 19.1 Å². The third kappa shape index (κ3) is 3.67. The van der Waals surface area contributed by atoms with E-state index < -0.39 is 11.9 Å². The molecular weight excluding hydrogens is 466 g/mol. The number of anilines is 1.